The molecule has 0 bridgehead atoms. The highest BCUT2D eigenvalue weighted by Gasteiger charge is 2.35. The van der Waals surface area contributed by atoms with Crippen LogP contribution >= 0.6 is 0 Å². The van der Waals surface area contributed by atoms with Crippen molar-refractivity contribution >= 4 is 11.6 Å². The van der Waals surface area contributed by atoms with Gasteiger partial charge in [-0.3, -0.25) is 9.48 Å². The Balaban J connectivity index is 1.94. The number of aryl methyl sites for hydroxylation is 1. The molecule has 0 radical (unpaired) electrons. The van der Waals surface area contributed by atoms with E-state index in [4.69, 9.17) is 4.74 Å². The highest BCUT2D eigenvalue weighted by Crippen LogP contribution is 2.42. The molecule has 0 aliphatic carbocycles. The van der Waals surface area contributed by atoms with Crippen LogP contribution in [0.25, 0.3) is 0 Å². The number of benzene rings is 1. The molecular formula is C17H18F3N3O2. The van der Waals surface area contributed by atoms with Crippen LogP contribution in [0.5, 0.6) is 5.75 Å². The summed E-state index contributed by atoms with van der Waals surface area (Å²) in [5, 5.41) is 6.25. The molecule has 2 aromatic rings. The maximum Gasteiger partial charge on any atom is 0.282 e. The predicted molar refractivity (Wildman–Crippen MR) is 85.6 cm³/mol. The van der Waals surface area contributed by atoms with Crippen LogP contribution in [-0.2, 0) is 13.0 Å². The number of fused-ring (bicyclic) bond motifs is 1. The van der Waals surface area contributed by atoms with Gasteiger partial charge in [-0.2, -0.15) is 5.10 Å². The molecule has 25 heavy (non-hydrogen) atoms. The first-order chi connectivity index (χ1) is 11.7. The van der Waals surface area contributed by atoms with Gasteiger partial charge in [0.05, 0.1) is 11.3 Å². The van der Waals surface area contributed by atoms with E-state index in [2.05, 4.69) is 10.4 Å². The first-order valence-electron chi connectivity index (χ1n) is 7.89. The first-order valence-corrected chi connectivity index (χ1v) is 7.89. The third kappa shape index (κ3) is 3.20. The van der Waals surface area contributed by atoms with Gasteiger partial charge in [0.25, 0.3) is 12.3 Å². The van der Waals surface area contributed by atoms with Gasteiger partial charge in [-0.25, -0.2) is 13.2 Å². The summed E-state index contributed by atoms with van der Waals surface area (Å²) in [7, 11) is 0. The largest absolute Gasteiger partial charge is 0.485 e. The third-order valence-corrected chi connectivity index (χ3v) is 4.00. The minimum Gasteiger partial charge on any atom is -0.485 e. The number of nitrogens with one attached hydrogen (secondary N) is 1. The summed E-state index contributed by atoms with van der Waals surface area (Å²) in [6.07, 6.45) is -1.25. The Bertz CT molecular complexity index is 831. The van der Waals surface area contributed by atoms with Crippen LogP contribution in [0.2, 0.25) is 0 Å². The van der Waals surface area contributed by atoms with Crippen molar-refractivity contribution in [3.63, 3.8) is 0 Å². The number of rotatable bonds is 4. The predicted octanol–water partition coefficient (Wildman–Crippen LogP) is 3.95. The first kappa shape index (κ1) is 17.3. The summed E-state index contributed by atoms with van der Waals surface area (Å²) in [5.74, 6) is -0.928. The van der Waals surface area contributed by atoms with E-state index in [1.165, 1.54) is 23.0 Å². The molecule has 0 fully saturated rings. The molecule has 1 aromatic carbocycles. The molecule has 134 valence electrons. The monoisotopic (exact) mass is 353 g/mol. The Morgan fingerprint density at radius 3 is 2.80 bits per heavy atom. The summed E-state index contributed by atoms with van der Waals surface area (Å²) in [6.45, 7) is 5.69. The Morgan fingerprint density at radius 1 is 1.44 bits per heavy atom. The highest BCUT2D eigenvalue weighted by atomic mass is 19.3. The van der Waals surface area contributed by atoms with Gasteiger partial charge in [0.15, 0.2) is 0 Å². The molecule has 0 unspecified atom stereocenters. The van der Waals surface area contributed by atoms with E-state index in [9.17, 15) is 18.0 Å². The second-order valence-electron chi connectivity index (χ2n) is 6.48. The maximum atomic E-state index is 14.0. The molecule has 1 aliphatic rings. The number of carbonyl (C=O) groups excluding carboxylic acids is 1. The Kier molecular flexibility index (Phi) is 4.22. The van der Waals surface area contributed by atoms with Crippen molar-refractivity contribution in [2.24, 2.45) is 0 Å². The molecule has 1 N–H and O–H groups in total. The zero-order chi connectivity index (χ0) is 18.4. The average molecular weight is 353 g/mol. The van der Waals surface area contributed by atoms with Crippen LogP contribution in [0.15, 0.2) is 18.3 Å². The van der Waals surface area contributed by atoms with E-state index in [1.54, 1.807) is 20.8 Å². The SMILES string of the molecule is CCn1cc(C(=O)Nc2ccc(F)c3c2OC(C)(C)C3)c(C(F)F)n1. The molecule has 0 saturated heterocycles. The fourth-order valence-electron chi connectivity index (χ4n) is 2.85. The maximum absolute atomic E-state index is 14.0. The van der Waals surface area contributed by atoms with Crippen LogP contribution in [0.1, 0.15) is 48.8 Å². The lowest BCUT2D eigenvalue weighted by Gasteiger charge is -2.18. The van der Waals surface area contributed by atoms with Crippen molar-refractivity contribution in [2.75, 3.05) is 5.32 Å². The zero-order valence-electron chi connectivity index (χ0n) is 14.1. The number of aromatic nitrogens is 2. The lowest BCUT2D eigenvalue weighted by Crippen LogP contribution is -2.25. The van der Waals surface area contributed by atoms with Crippen molar-refractivity contribution in [3.05, 3.63) is 41.0 Å². The van der Waals surface area contributed by atoms with E-state index in [0.29, 0.717) is 18.5 Å². The Hall–Kier alpha value is -2.51. The minimum absolute atomic E-state index is 0.216. The van der Waals surface area contributed by atoms with Crippen molar-refractivity contribution < 1.29 is 22.7 Å². The van der Waals surface area contributed by atoms with Crippen LogP contribution in [0, 0.1) is 5.82 Å². The second-order valence-corrected chi connectivity index (χ2v) is 6.48. The quantitative estimate of drug-likeness (QED) is 0.906. The molecule has 2 heterocycles. The number of ether oxygens (including phenoxy) is 1. The van der Waals surface area contributed by atoms with Gasteiger partial charge in [0, 0.05) is 24.7 Å². The molecule has 3 rings (SSSR count). The van der Waals surface area contributed by atoms with Crippen LogP contribution in [0.3, 0.4) is 0 Å². The van der Waals surface area contributed by atoms with Gasteiger partial charge in [0.1, 0.15) is 22.9 Å². The van der Waals surface area contributed by atoms with Gasteiger partial charge in [0.2, 0.25) is 0 Å². The number of carbonyl (C=O) groups is 1. The summed E-state index contributed by atoms with van der Waals surface area (Å²) in [6, 6.07) is 2.59. The van der Waals surface area contributed by atoms with E-state index in [-0.39, 0.29) is 17.0 Å². The van der Waals surface area contributed by atoms with Crippen LogP contribution in [-0.4, -0.2) is 21.3 Å². The van der Waals surface area contributed by atoms with Gasteiger partial charge in [-0.05, 0) is 32.9 Å². The third-order valence-electron chi connectivity index (χ3n) is 4.00. The molecule has 1 aromatic heterocycles. The van der Waals surface area contributed by atoms with Crippen molar-refractivity contribution in [1.29, 1.82) is 0 Å². The summed E-state index contributed by atoms with van der Waals surface area (Å²) >= 11 is 0. The van der Waals surface area contributed by atoms with Gasteiger partial charge >= 0.3 is 0 Å². The standard InChI is InChI=1S/C17H18F3N3O2/c1-4-23-8-10(13(22-23)15(19)20)16(24)21-12-6-5-11(18)9-7-17(2,3)25-14(9)12/h5-6,8,15H,4,7H2,1-3H3,(H,21,24). The zero-order valence-corrected chi connectivity index (χ0v) is 14.1. The molecular weight excluding hydrogens is 335 g/mol. The Labute approximate surface area is 142 Å². The van der Waals surface area contributed by atoms with Crippen LogP contribution < -0.4 is 10.1 Å². The molecule has 8 heteroatoms. The topological polar surface area (TPSA) is 56.2 Å². The number of alkyl halides is 2. The van der Waals surface area contributed by atoms with E-state index in [1.807, 2.05) is 0 Å². The molecule has 1 aliphatic heterocycles. The highest BCUT2D eigenvalue weighted by molar-refractivity contribution is 6.05. The van der Waals surface area contributed by atoms with E-state index < -0.39 is 29.4 Å². The number of halogens is 3. The lowest BCUT2D eigenvalue weighted by molar-refractivity contribution is 0.100. The van der Waals surface area contributed by atoms with E-state index >= 15 is 0 Å². The normalized spacial score (nSPS) is 15.2. The van der Waals surface area contributed by atoms with Gasteiger partial charge < -0.3 is 10.1 Å². The number of nitrogens with zero attached hydrogens (tertiary/aromatic N) is 2. The number of amides is 1. The van der Waals surface area contributed by atoms with Gasteiger partial charge in [-0.1, -0.05) is 0 Å². The van der Waals surface area contributed by atoms with Gasteiger partial charge in [-0.15, -0.1) is 0 Å². The smallest absolute Gasteiger partial charge is 0.282 e. The lowest BCUT2D eigenvalue weighted by atomic mass is 10.0. The molecule has 0 spiro atoms. The summed E-state index contributed by atoms with van der Waals surface area (Å²) < 4.78 is 47.2. The molecule has 0 saturated carbocycles. The second kappa shape index (κ2) is 6.09. The molecule has 5 nitrogen and oxygen atoms in total. The number of hydrogen-bond acceptors (Lipinski definition) is 3. The van der Waals surface area contributed by atoms with E-state index in [0.717, 1.165) is 0 Å². The van der Waals surface area contributed by atoms with Crippen molar-refractivity contribution in [3.8, 4) is 5.75 Å². The fraction of sp³-hybridized carbons (Fsp3) is 0.412. The molecule has 0 atom stereocenters. The number of anilines is 1. The van der Waals surface area contributed by atoms with Crippen molar-refractivity contribution in [2.45, 2.75) is 45.8 Å². The fourth-order valence-corrected chi connectivity index (χ4v) is 2.85. The number of hydrogen-bond donors (Lipinski definition) is 1. The summed E-state index contributed by atoms with van der Waals surface area (Å²) in [4.78, 5) is 12.5. The van der Waals surface area contributed by atoms with Crippen molar-refractivity contribution in [1.82, 2.24) is 9.78 Å². The molecule has 1 amide bonds. The summed E-state index contributed by atoms with van der Waals surface area (Å²) in [5.41, 5.74) is -0.797. The van der Waals surface area contributed by atoms with Crippen LogP contribution in [0.4, 0.5) is 18.9 Å². The average Bonchev–Trinajstić information content (AvgIpc) is 3.11. The Morgan fingerprint density at radius 2 is 2.16 bits per heavy atom. The minimum atomic E-state index is -2.87.